The molecule has 1 rings (SSSR count). The first-order chi connectivity index (χ1) is 7.55. The van der Waals surface area contributed by atoms with Crippen LogP contribution in [0.5, 0.6) is 0 Å². The molecule has 0 radical (unpaired) electrons. The summed E-state index contributed by atoms with van der Waals surface area (Å²) in [6.45, 7) is 8.39. The standard InChI is InChI=1S/C13H26N2O/c1-4-8-13(2,3)10-15-12(16)11-7-5-6-9-14-11/h11,14H,4-10H2,1-3H3,(H,15,16). The molecule has 0 aromatic carbocycles. The Kier molecular flexibility index (Phi) is 5.26. The molecule has 1 aliphatic heterocycles. The van der Waals surface area contributed by atoms with Gasteiger partial charge in [-0.15, -0.1) is 0 Å². The van der Waals surface area contributed by atoms with E-state index >= 15 is 0 Å². The van der Waals surface area contributed by atoms with Crippen molar-refractivity contribution in [2.75, 3.05) is 13.1 Å². The quantitative estimate of drug-likeness (QED) is 0.753. The van der Waals surface area contributed by atoms with E-state index in [1.54, 1.807) is 0 Å². The third kappa shape index (κ3) is 4.52. The maximum absolute atomic E-state index is 11.9. The van der Waals surface area contributed by atoms with E-state index < -0.39 is 0 Å². The zero-order valence-electron chi connectivity index (χ0n) is 10.9. The zero-order valence-corrected chi connectivity index (χ0v) is 10.9. The number of hydrogen-bond acceptors (Lipinski definition) is 2. The van der Waals surface area contributed by atoms with Crippen molar-refractivity contribution in [1.29, 1.82) is 0 Å². The smallest absolute Gasteiger partial charge is 0.237 e. The summed E-state index contributed by atoms with van der Waals surface area (Å²) in [5.41, 5.74) is 0.221. The Bertz CT molecular complexity index is 220. The molecule has 0 aromatic heterocycles. The van der Waals surface area contributed by atoms with Crippen LogP contribution in [0.2, 0.25) is 0 Å². The lowest BCUT2D eigenvalue weighted by atomic mass is 9.88. The van der Waals surface area contributed by atoms with E-state index in [0.29, 0.717) is 0 Å². The Morgan fingerprint density at radius 3 is 2.75 bits per heavy atom. The first kappa shape index (κ1) is 13.5. The minimum absolute atomic E-state index is 0.0474. The van der Waals surface area contributed by atoms with Crippen LogP contribution in [0, 0.1) is 5.41 Å². The minimum Gasteiger partial charge on any atom is -0.354 e. The van der Waals surface area contributed by atoms with Gasteiger partial charge in [0.15, 0.2) is 0 Å². The Morgan fingerprint density at radius 2 is 2.19 bits per heavy atom. The fourth-order valence-corrected chi connectivity index (χ4v) is 2.29. The molecule has 0 spiro atoms. The highest BCUT2D eigenvalue weighted by Crippen LogP contribution is 2.20. The molecule has 16 heavy (non-hydrogen) atoms. The van der Waals surface area contributed by atoms with Crippen LogP contribution in [-0.2, 0) is 4.79 Å². The summed E-state index contributed by atoms with van der Waals surface area (Å²) < 4.78 is 0. The second-order valence-corrected chi connectivity index (χ2v) is 5.63. The number of piperidine rings is 1. The third-order valence-corrected chi connectivity index (χ3v) is 3.29. The van der Waals surface area contributed by atoms with Gasteiger partial charge >= 0.3 is 0 Å². The molecule has 0 bridgehead atoms. The molecule has 1 heterocycles. The number of carbonyl (C=O) groups excluding carboxylic acids is 1. The molecule has 1 fully saturated rings. The molecular weight excluding hydrogens is 200 g/mol. The van der Waals surface area contributed by atoms with Crippen molar-refractivity contribution in [2.45, 2.75) is 58.9 Å². The van der Waals surface area contributed by atoms with Crippen molar-refractivity contribution in [3.63, 3.8) is 0 Å². The predicted octanol–water partition coefficient (Wildman–Crippen LogP) is 2.07. The summed E-state index contributed by atoms with van der Waals surface area (Å²) in [7, 11) is 0. The lowest BCUT2D eigenvalue weighted by molar-refractivity contribution is -0.124. The molecule has 1 amide bonds. The SMILES string of the molecule is CCCC(C)(C)CNC(=O)C1CCCCN1. The third-order valence-electron chi connectivity index (χ3n) is 3.29. The van der Waals surface area contributed by atoms with Crippen LogP contribution in [0.25, 0.3) is 0 Å². The van der Waals surface area contributed by atoms with Crippen molar-refractivity contribution in [3.8, 4) is 0 Å². The predicted molar refractivity (Wildman–Crippen MR) is 67.3 cm³/mol. The largest absolute Gasteiger partial charge is 0.354 e. The summed E-state index contributed by atoms with van der Waals surface area (Å²) in [5.74, 6) is 0.184. The van der Waals surface area contributed by atoms with Crippen LogP contribution in [-0.4, -0.2) is 25.0 Å². The number of carbonyl (C=O) groups is 1. The molecule has 1 unspecified atom stereocenters. The second kappa shape index (κ2) is 6.24. The van der Waals surface area contributed by atoms with Gasteiger partial charge in [-0.1, -0.05) is 33.6 Å². The highest BCUT2D eigenvalue weighted by molar-refractivity contribution is 5.81. The fourth-order valence-electron chi connectivity index (χ4n) is 2.29. The van der Waals surface area contributed by atoms with Gasteiger partial charge in [-0.2, -0.15) is 0 Å². The van der Waals surface area contributed by atoms with Crippen LogP contribution < -0.4 is 10.6 Å². The monoisotopic (exact) mass is 226 g/mol. The van der Waals surface area contributed by atoms with E-state index in [0.717, 1.165) is 25.9 Å². The van der Waals surface area contributed by atoms with Gasteiger partial charge in [0.2, 0.25) is 5.91 Å². The maximum atomic E-state index is 11.9. The van der Waals surface area contributed by atoms with E-state index in [4.69, 9.17) is 0 Å². The molecule has 0 aromatic rings. The molecule has 3 nitrogen and oxygen atoms in total. The zero-order chi connectivity index (χ0) is 12.0. The maximum Gasteiger partial charge on any atom is 0.237 e. The van der Waals surface area contributed by atoms with Gasteiger partial charge in [0.25, 0.3) is 0 Å². The molecule has 94 valence electrons. The van der Waals surface area contributed by atoms with E-state index in [9.17, 15) is 4.79 Å². The van der Waals surface area contributed by atoms with Gasteiger partial charge in [-0.25, -0.2) is 0 Å². The molecule has 1 atom stereocenters. The first-order valence-corrected chi connectivity index (χ1v) is 6.56. The highest BCUT2D eigenvalue weighted by atomic mass is 16.2. The number of hydrogen-bond donors (Lipinski definition) is 2. The average molecular weight is 226 g/mol. The molecule has 0 saturated carbocycles. The second-order valence-electron chi connectivity index (χ2n) is 5.63. The van der Waals surface area contributed by atoms with Gasteiger partial charge in [0.1, 0.15) is 0 Å². The van der Waals surface area contributed by atoms with Gasteiger partial charge in [-0.05, 0) is 31.2 Å². The van der Waals surface area contributed by atoms with E-state index in [2.05, 4.69) is 31.4 Å². The lowest BCUT2D eigenvalue weighted by Crippen LogP contribution is -2.48. The van der Waals surface area contributed by atoms with Gasteiger partial charge < -0.3 is 10.6 Å². The van der Waals surface area contributed by atoms with Gasteiger partial charge in [0, 0.05) is 6.54 Å². The highest BCUT2D eigenvalue weighted by Gasteiger charge is 2.23. The van der Waals surface area contributed by atoms with Crippen molar-refractivity contribution in [2.24, 2.45) is 5.41 Å². The Balaban J connectivity index is 2.28. The Hall–Kier alpha value is -0.570. The normalized spacial score (nSPS) is 21.8. The molecule has 2 N–H and O–H groups in total. The van der Waals surface area contributed by atoms with Crippen LogP contribution in [0.15, 0.2) is 0 Å². The van der Waals surface area contributed by atoms with Gasteiger partial charge in [-0.3, -0.25) is 4.79 Å². The van der Waals surface area contributed by atoms with Crippen LogP contribution >= 0.6 is 0 Å². The van der Waals surface area contributed by atoms with E-state index in [1.807, 2.05) is 0 Å². The van der Waals surface area contributed by atoms with E-state index in [1.165, 1.54) is 19.3 Å². The number of nitrogens with one attached hydrogen (secondary N) is 2. The molecule has 1 aliphatic rings. The molecule has 1 saturated heterocycles. The number of rotatable bonds is 5. The van der Waals surface area contributed by atoms with Crippen LogP contribution in [0.1, 0.15) is 52.9 Å². The molecule has 0 aliphatic carbocycles. The molecule has 3 heteroatoms. The summed E-state index contributed by atoms with van der Waals surface area (Å²) in [6, 6.07) is 0.0474. The number of amides is 1. The summed E-state index contributed by atoms with van der Waals surface area (Å²) in [4.78, 5) is 11.9. The summed E-state index contributed by atoms with van der Waals surface area (Å²) >= 11 is 0. The van der Waals surface area contributed by atoms with E-state index in [-0.39, 0.29) is 17.4 Å². The van der Waals surface area contributed by atoms with Crippen molar-refractivity contribution in [3.05, 3.63) is 0 Å². The van der Waals surface area contributed by atoms with Crippen LogP contribution in [0.4, 0.5) is 0 Å². The topological polar surface area (TPSA) is 41.1 Å². The average Bonchev–Trinajstić information content (AvgIpc) is 2.27. The lowest BCUT2D eigenvalue weighted by Gasteiger charge is -2.27. The Labute approximate surface area is 99.4 Å². The summed E-state index contributed by atoms with van der Waals surface area (Å²) in [5, 5.41) is 6.35. The molecular formula is C13H26N2O. The van der Waals surface area contributed by atoms with Gasteiger partial charge in [0.05, 0.1) is 6.04 Å². The van der Waals surface area contributed by atoms with Crippen molar-refractivity contribution >= 4 is 5.91 Å². The van der Waals surface area contributed by atoms with Crippen molar-refractivity contribution in [1.82, 2.24) is 10.6 Å². The fraction of sp³-hybridized carbons (Fsp3) is 0.923. The summed E-state index contributed by atoms with van der Waals surface area (Å²) in [6.07, 6.45) is 5.69. The van der Waals surface area contributed by atoms with Crippen molar-refractivity contribution < 1.29 is 4.79 Å². The first-order valence-electron chi connectivity index (χ1n) is 6.56. The van der Waals surface area contributed by atoms with Crippen LogP contribution in [0.3, 0.4) is 0 Å². The Morgan fingerprint density at radius 1 is 1.44 bits per heavy atom. The minimum atomic E-state index is 0.0474.